The number of piperidine rings is 1. The number of aliphatic hydroxyl groups is 1. The third-order valence-corrected chi connectivity index (χ3v) is 5.96. The van der Waals surface area contributed by atoms with Gasteiger partial charge < -0.3 is 9.84 Å². The Morgan fingerprint density at radius 3 is 2.54 bits per heavy atom. The van der Waals surface area contributed by atoms with Crippen LogP contribution in [0.5, 0.6) is 0 Å². The van der Waals surface area contributed by atoms with Crippen LogP contribution in [0.1, 0.15) is 24.8 Å². The largest absolute Gasteiger partial charge is 0.387 e. The van der Waals surface area contributed by atoms with Gasteiger partial charge in [0, 0.05) is 45.8 Å². The van der Waals surface area contributed by atoms with Crippen molar-refractivity contribution in [3.63, 3.8) is 0 Å². The molecule has 0 spiro atoms. The molecule has 0 saturated carbocycles. The molecule has 0 aromatic heterocycles. The maximum atomic E-state index is 11.5. The average molecular weight is 380 g/mol. The number of methoxy groups -OCH3 is 1. The van der Waals surface area contributed by atoms with Crippen molar-refractivity contribution in [1.29, 1.82) is 0 Å². The molecule has 1 N–H and O–H groups in total. The molecule has 28 heavy (non-hydrogen) atoms. The van der Waals surface area contributed by atoms with E-state index in [1.54, 1.807) is 7.11 Å². The molecule has 2 aliphatic heterocycles. The van der Waals surface area contributed by atoms with E-state index in [-0.39, 0.29) is 12.1 Å². The van der Waals surface area contributed by atoms with Gasteiger partial charge in [0.1, 0.15) is 0 Å². The first-order chi connectivity index (χ1) is 13.7. The molecule has 148 valence electrons. The van der Waals surface area contributed by atoms with E-state index in [0.717, 1.165) is 31.7 Å². The molecule has 5 nitrogen and oxygen atoms in total. The second-order valence-electron chi connectivity index (χ2n) is 7.87. The van der Waals surface area contributed by atoms with Crippen molar-refractivity contribution in [3.8, 4) is 0 Å². The fourth-order valence-corrected chi connectivity index (χ4v) is 4.41. The summed E-state index contributed by atoms with van der Waals surface area (Å²) in [6.07, 6.45) is 3.95. The van der Waals surface area contributed by atoms with Gasteiger partial charge in [0.05, 0.1) is 23.4 Å². The molecule has 2 aromatic carbocycles. The van der Waals surface area contributed by atoms with E-state index in [4.69, 9.17) is 4.74 Å². The first-order valence-corrected chi connectivity index (χ1v) is 10.1. The number of nitrogens with zero attached hydrogens (tertiary/aromatic N) is 3. The second-order valence-corrected chi connectivity index (χ2v) is 7.87. The zero-order valence-corrected chi connectivity index (χ0v) is 16.4. The van der Waals surface area contributed by atoms with Gasteiger partial charge in [0.15, 0.2) is 0 Å². The molecule has 1 unspecified atom stereocenters. The topological polar surface area (TPSA) is 48.3 Å². The zero-order valence-electron chi connectivity index (χ0n) is 16.4. The number of anilines is 1. The molecule has 2 aliphatic rings. The predicted octanol–water partition coefficient (Wildman–Crippen LogP) is 3.29. The highest BCUT2D eigenvalue weighted by atomic mass is 16.5. The number of para-hydroxylation sites is 1. The Bertz CT molecular complexity index is 783. The van der Waals surface area contributed by atoms with Crippen LogP contribution in [0, 0.1) is 0 Å². The molecule has 0 amide bonds. The number of hydrazone groups is 1. The summed E-state index contributed by atoms with van der Waals surface area (Å²) in [5.74, 6) is 0. The minimum Gasteiger partial charge on any atom is -0.387 e. The Balaban J connectivity index is 1.42. The van der Waals surface area contributed by atoms with E-state index >= 15 is 0 Å². The fourth-order valence-electron chi connectivity index (χ4n) is 4.41. The maximum absolute atomic E-state index is 11.5. The van der Waals surface area contributed by atoms with Crippen molar-refractivity contribution in [3.05, 3.63) is 66.2 Å². The number of ether oxygens (including phenoxy) is 1. The summed E-state index contributed by atoms with van der Waals surface area (Å²) in [5, 5.41) is 18.1. The first-order valence-electron chi connectivity index (χ1n) is 10.1. The molecule has 1 fully saturated rings. The van der Waals surface area contributed by atoms with Crippen LogP contribution < -0.4 is 5.01 Å². The van der Waals surface area contributed by atoms with Crippen LogP contribution in [0.4, 0.5) is 5.69 Å². The van der Waals surface area contributed by atoms with Crippen LogP contribution in [0.3, 0.4) is 0 Å². The number of likely N-dealkylation sites (tertiary alicyclic amines) is 1. The van der Waals surface area contributed by atoms with Crippen LogP contribution in [-0.2, 0) is 11.3 Å². The number of hydrogen-bond acceptors (Lipinski definition) is 5. The van der Waals surface area contributed by atoms with Crippen LogP contribution in [0.2, 0.25) is 0 Å². The molecule has 0 radical (unpaired) electrons. The minimum absolute atomic E-state index is 0.158. The van der Waals surface area contributed by atoms with E-state index in [1.807, 2.05) is 35.5 Å². The van der Waals surface area contributed by atoms with Gasteiger partial charge in [-0.1, -0.05) is 48.5 Å². The molecular formula is C23H29N3O2. The quantitative estimate of drug-likeness (QED) is 0.837. The number of benzene rings is 2. The van der Waals surface area contributed by atoms with Gasteiger partial charge in [0.25, 0.3) is 0 Å². The summed E-state index contributed by atoms with van der Waals surface area (Å²) >= 11 is 0. The molecule has 1 saturated heterocycles. The highest BCUT2D eigenvalue weighted by Crippen LogP contribution is 2.34. The van der Waals surface area contributed by atoms with Gasteiger partial charge in [-0.3, -0.25) is 9.91 Å². The van der Waals surface area contributed by atoms with Crippen LogP contribution in [0.15, 0.2) is 65.8 Å². The van der Waals surface area contributed by atoms with E-state index in [1.165, 1.54) is 5.56 Å². The molecule has 0 aliphatic carbocycles. The third-order valence-electron chi connectivity index (χ3n) is 5.96. The second kappa shape index (κ2) is 8.43. The SMILES string of the molecule is CO[C@H]1CN(Cc2ccccc2)CC[C@@]1(O)CC1CC=NN1c1ccccc1. The Morgan fingerprint density at radius 2 is 1.82 bits per heavy atom. The van der Waals surface area contributed by atoms with Gasteiger partial charge in [-0.2, -0.15) is 5.10 Å². The fraction of sp³-hybridized carbons (Fsp3) is 0.435. The van der Waals surface area contributed by atoms with Gasteiger partial charge in [0.2, 0.25) is 0 Å². The van der Waals surface area contributed by atoms with Crippen molar-refractivity contribution < 1.29 is 9.84 Å². The number of rotatable bonds is 6. The lowest BCUT2D eigenvalue weighted by Gasteiger charge is -2.45. The summed E-state index contributed by atoms with van der Waals surface area (Å²) in [6, 6.07) is 20.8. The van der Waals surface area contributed by atoms with Gasteiger partial charge in [-0.25, -0.2) is 0 Å². The first kappa shape index (κ1) is 19.1. The molecule has 4 rings (SSSR count). The Morgan fingerprint density at radius 1 is 1.11 bits per heavy atom. The van der Waals surface area contributed by atoms with E-state index < -0.39 is 5.60 Å². The van der Waals surface area contributed by atoms with E-state index in [0.29, 0.717) is 12.8 Å². The molecule has 0 bridgehead atoms. The summed E-state index contributed by atoms with van der Waals surface area (Å²) < 4.78 is 5.77. The highest BCUT2D eigenvalue weighted by molar-refractivity contribution is 5.66. The van der Waals surface area contributed by atoms with Crippen LogP contribution in [0.25, 0.3) is 0 Å². The lowest BCUT2D eigenvalue weighted by atomic mass is 9.82. The molecule has 5 heteroatoms. The molecule has 3 atom stereocenters. The van der Waals surface area contributed by atoms with E-state index in [2.05, 4.69) is 46.4 Å². The maximum Gasteiger partial charge on any atom is 0.0986 e. The van der Waals surface area contributed by atoms with Crippen LogP contribution >= 0.6 is 0 Å². The summed E-state index contributed by atoms with van der Waals surface area (Å²) in [5.41, 5.74) is 1.52. The molecule has 2 heterocycles. The van der Waals surface area contributed by atoms with Crippen molar-refractivity contribution in [2.75, 3.05) is 25.2 Å². The standard InChI is InChI=1S/C23H29N3O2/c1-28-22-18-25(17-19-8-4-2-5-9-19)15-13-23(22,27)16-21-12-14-24-26(21)20-10-6-3-7-11-20/h2-11,14,21-22,27H,12-13,15-18H2,1H3/t21?,22-,23+/m0/s1. The lowest BCUT2D eigenvalue weighted by Crippen LogP contribution is -2.58. The van der Waals surface area contributed by atoms with Crippen molar-refractivity contribution in [1.82, 2.24) is 4.90 Å². The van der Waals surface area contributed by atoms with Crippen LogP contribution in [-0.4, -0.2) is 54.2 Å². The third kappa shape index (κ3) is 4.12. The van der Waals surface area contributed by atoms with Crippen molar-refractivity contribution >= 4 is 11.9 Å². The summed E-state index contributed by atoms with van der Waals surface area (Å²) in [7, 11) is 1.71. The highest BCUT2D eigenvalue weighted by Gasteiger charge is 2.44. The summed E-state index contributed by atoms with van der Waals surface area (Å²) in [4.78, 5) is 2.37. The molecular weight excluding hydrogens is 350 g/mol. The molecule has 2 aromatic rings. The van der Waals surface area contributed by atoms with E-state index in [9.17, 15) is 5.11 Å². The monoisotopic (exact) mass is 379 g/mol. The Labute approximate surface area is 167 Å². The summed E-state index contributed by atoms with van der Waals surface area (Å²) in [6.45, 7) is 2.49. The average Bonchev–Trinajstić information content (AvgIpc) is 3.18. The Hall–Kier alpha value is -2.21. The zero-order chi connectivity index (χ0) is 19.4. The van der Waals surface area contributed by atoms with Crippen molar-refractivity contribution in [2.45, 2.75) is 43.6 Å². The number of hydrogen-bond donors (Lipinski definition) is 1. The van der Waals surface area contributed by atoms with Gasteiger partial charge in [-0.05, 0) is 24.1 Å². The minimum atomic E-state index is -0.840. The smallest absolute Gasteiger partial charge is 0.0986 e. The van der Waals surface area contributed by atoms with Gasteiger partial charge in [-0.15, -0.1) is 0 Å². The Kier molecular flexibility index (Phi) is 5.76. The lowest BCUT2D eigenvalue weighted by molar-refractivity contribution is -0.140. The normalized spacial score (nSPS) is 28.0. The van der Waals surface area contributed by atoms with Gasteiger partial charge >= 0.3 is 0 Å². The predicted molar refractivity (Wildman–Crippen MR) is 113 cm³/mol. The van der Waals surface area contributed by atoms with Crippen molar-refractivity contribution in [2.24, 2.45) is 5.10 Å².